The molecule has 0 spiro atoms. The van der Waals surface area contributed by atoms with Crippen LogP contribution in [0.4, 0.5) is 13.2 Å². The monoisotopic (exact) mass is 264 g/mol. The maximum atomic E-state index is 13.9. The van der Waals surface area contributed by atoms with Crippen molar-refractivity contribution in [3.8, 4) is 0 Å². The minimum absolute atomic E-state index is 0.307. The van der Waals surface area contributed by atoms with E-state index in [-0.39, 0.29) is 6.42 Å². The fourth-order valence-electron chi connectivity index (χ4n) is 1.12. The van der Waals surface area contributed by atoms with Gasteiger partial charge in [0.1, 0.15) is 0 Å². The number of ether oxygens (including phenoxy) is 1. The van der Waals surface area contributed by atoms with E-state index in [0.717, 1.165) is 12.2 Å². The minimum atomic E-state index is -3.89. The fourth-order valence-corrected chi connectivity index (χ4v) is 1.12. The number of esters is 2. The largest absolute Gasteiger partial charge is 0.386 e. The second kappa shape index (κ2) is 6.37. The zero-order valence-electron chi connectivity index (χ0n) is 10.0. The Labute approximate surface area is 103 Å². The van der Waals surface area contributed by atoms with Gasteiger partial charge in [0.25, 0.3) is 0 Å². The third-order valence-corrected chi connectivity index (χ3v) is 2.28. The highest BCUT2D eigenvalue weighted by molar-refractivity contribution is 5.93. The highest BCUT2D eigenvalue weighted by Crippen LogP contribution is 2.26. The Kier molecular flexibility index (Phi) is 5.81. The van der Waals surface area contributed by atoms with Crippen LogP contribution >= 0.6 is 0 Å². The lowest BCUT2D eigenvalue weighted by atomic mass is 9.99. The van der Waals surface area contributed by atoms with Crippen molar-refractivity contribution in [2.75, 3.05) is 0 Å². The number of carbonyl (C=O) groups is 2. The van der Waals surface area contributed by atoms with Crippen LogP contribution in [0.2, 0.25) is 0 Å². The average Bonchev–Trinajstić information content (AvgIpc) is 2.28. The second-order valence-electron chi connectivity index (χ2n) is 3.69. The van der Waals surface area contributed by atoms with E-state index in [1.54, 1.807) is 0 Å². The molecule has 0 bridgehead atoms. The first-order valence-corrected chi connectivity index (χ1v) is 5.28. The Morgan fingerprint density at radius 3 is 2.00 bits per heavy atom. The van der Waals surface area contributed by atoms with E-state index in [9.17, 15) is 22.8 Å². The molecule has 0 aromatic carbocycles. The van der Waals surface area contributed by atoms with E-state index in [0.29, 0.717) is 0 Å². The molecule has 0 saturated heterocycles. The standard InChI is InChI=1S/C12H15F3O3/c1-4-7-11(13,6-3)9(16)18-10(17)12(14,15)8-5-2/h4-5H,1-2,6-8H2,3H3. The number of carbonyl (C=O) groups excluding carboxylic acids is 2. The van der Waals surface area contributed by atoms with E-state index >= 15 is 0 Å². The third kappa shape index (κ3) is 4.01. The SMILES string of the molecule is C=CCC(F)(F)C(=O)OC(=O)C(F)(CC)CC=C. The normalized spacial score (nSPS) is 14.4. The molecule has 0 saturated carbocycles. The van der Waals surface area contributed by atoms with E-state index in [1.165, 1.54) is 6.92 Å². The summed E-state index contributed by atoms with van der Waals surface area (Å²) < 4.78 is 43.8. The Morgan fingerprint density at radius 1 is 1.11 bits per heavy atom. The van der Waals surface area contributed by atoms with Crippen LogP contribution in [-0.2, 0) is 14.3 Å². The molecular weight excluding hydrogens is 249 g/mol. The van der Waals surface area contributed by atoms with Crippen molar-refractivity contribution >= 4 is 11.9 Å². The molecule has 0 heterocycles. The molecule has 3 nitrogen and oxygen atoms in total. The molecule has 0 radical (unpaired) electrons. The van der Waals surface area contributed by atoms with Crippen LogP contribution < -0.4 is 0 Å². The molecule has 0 aliphatic rings. The molecule has 0 aromatic rings. The predicted molar refractivity (Wildman–Crippen MR) is 59.8 cm³/mol. The zero-order chi connectivity index (χ0) is 14.4. The van der Waals surface area contributed by atoms with Gasteiger partial charge in [0.15, 0.2) is 0 Å². The fraction of sp³-hybridized carbons (Fsp3) is 0.500. The highest BCUT2D eigenvalue weighted by atomic mass is 19.3. The smallest absolute Gasteiger partial charge is 0.385 e. The molecule has 0 aromatic heterocycles. The number of allylic oxidation sites excluding steroid dienone is 2. The summed E-state index contributed by atoms with van der Waals surface area (Å²) in [6.45, 7) is 7.61. The van der Waals surface area contributed by atoms with Gasteiger partial charge in [-0.3, -0.25) is 0 Å². The first-order chi connectivity index (χ1) is 8.23. The summed E-state index contributed by atoms with van der Waals surface area (Å²) >= 11 is 0. The van der Waals surface area contributed by atoms with Gasteiger partial charge in [0.2, 0.25) is 5.67 Å². The van der Waals surface area contributed by atoms with Gasteiger partial charge in [-0.2, -0.15) is 8.78 Å². The summed E-state index contributed by atoms with van der Waals surface area (Å²) in [6.07, 6.45) is 0.210. The van der Waals surface area contributed by atoms with Gasteiger partial charge >= 0.3 is 17.9 Å². The van der Waals surface area contributed by atoms with E-state index < -0.39 is 36.4 Å². The van der Waals surface area contributed by atoms with Gasteiger partial charge in [-0.1, -0.05) is 19.1 Å². The predicted octanol–water partition coefficient (Wildman–Crippen LogP) is 2.96. The van der Waals surface area contributed by atoms with Gasteiger partial charge in [-0.05, 0) is 6.42 Å². The highest BCUT2D eigenvalue weighted by Gasteiger charge is 2.45. The van der Waals surface area contributed by atoms with Crippen LogP contribution in [-0.4, -0.2) is 23.5 Å². The molecule has 102 valence electrons. The molecule has 18 heavy (non-hydrogen) atoms. The van der Waals surface area contributed by atoms with Gasteiger partial charge < -0.3 is 4.74 Å². The number of alkyl halides is 3. The second-order valence-corrected chi connectivity index (χ2v) is 3.69. The van der Waals surface area contributed by atoms with Crippen molar-refractivity contribution in [2.45, 2.75) is 37.8 Å². The Balaban J connectivity index is 4.79. The van der Waals surface area contributed by atoms with Crippen molar-refractivity contribution in [2.24, 2.45) is 0 Å². The van der Waals surface area contributed by atoms with Crippen molar-refractivity contribution < 1.29 is 27.5 Å². The summed E-state index contributed by atoms with van der Waals surface area (Å²) in [5.41, 5.74) is -2.51. The van der Waals surface area contributed by atoms with Gasteiger partial charge in [-0.15, -0.1) is 13.2 Å². The van der Waals surface area contributed by atoms with Crippen LogP contribution in [0.15, 0.2) is 25.3 Å². The number of hydrogen-bond donors (Lipinski definition) is 0. The van der Waals surface area contributed by atoms with E-state index in [4.69, 9.17) is 0 Å². The molecular formula is C12H15F3O3. The number of hydrogen-bond acceptors (Lipinski definition) is 3. The Hall–Kier alpha value is -1.59. The molecule has 6 heteroatoms. The summed E-state index contributed by atoms with van der Waals surface area (Å²) in [6, 6.07) is 0. The van der Waals surface area contributed by atoms with Crippen LogP contribution in [0.5, 0.6) is 0 Å². The summed E-state index contributed by atoms with van der Waals surface area (Å²) in [5, 5.41) is 0. The summed E-state index contributed by atoms with van der Waals surface area (Å²) in [4.78, 5) is 22.3. The van der Waals surface area contributed by atoms with Crippen LogP contribution in [0, 0.1) is 0 Å². The zero-order valence-corrected chi connectivity index (χ0v) is 10.0. The number of halogens is 3. The Morgan fingerprint density at radius 2 is 1.61 bits per heavy atom. The van der Waals surface area contributed by atoms with Crippen LogP contribution in [0.3, 0.4) is 0 Å². The quantitative estimate of drug-likeness (QED) is 0.403. The van der Waals surface area contributed by atoms with Crippen LogP contribution in [0.1, 0.15) is 26.2 Å². The molecule has 0 aliphatic carbocycles. The van der Waals surface area contributed by atoms with Crippen molar-refractivity contribution in [3.63, 3.8) is 0 Å². The molecule has 0 N–H and O–H groups in total. The lowest BCUT2D eigenvalue weighted by molar-refractivity contribution is -0.185. The lowest BCUT2D eigenvalue weighted by Crippen LogP contribution is -2.40. The van der Waals surface area contributed by atoms with Gasteiger partial charge in [-0.25, -0.2) is 14.0 Å². The maximum absolute atomic E-state index is 13.9. The maximum Gasteiger partial charge on any atom is 0.385 e. The van der Waals surface area contributed by atoms with Crippen molar-refractivity contribution in [1.29, 1.82) is 0 Å². The molecule has 0 rings (SSSR count). The summed E-state index contributed by atoms with van der Waals surface area (Å²) in [7, 11) is 0. The van der Waals surface area contributed by atoms with Crippen molar-refractivity contribution in [1.82, 2.24) is 0 Å². The molecule has 0 aliphatic heterocycles. The molecule has 0 fully saturated rings. The minimum Gasteiger partial charge on any atom is -0.386 e. The lowest BCUT2D eigenvalue weighted by Gasteiger charge is -2.20. The van der Waals surface area contributed by atoms with Gasteiger partial charge in [0, 0.05) is 12.8 Å². The third-order valence-electron chi connectivity index (χ3n) is 2.28. The number of rotatable bonds is 7. The molecule has 1 unspecified atom stereocenters. The first kappa shape index (κ1) is 16.4. The first-order valence-electron chi connectivity index (χ1n) is 5.28. The van der Waals surface area contributed by atoms with Gasteiger partial charge in [0.05, 0.1) is 0 Å². The topological polar surface area (TPSA) is 43.4 Å². The van der Waals surface area contributed by atoms with Crippen molar-refractivity contribution in [3.05, 3.63) is 25.3 Å². The molecule has 0 amide bonds. The molecule has 1 atom stereocenters. The Bertz CT molecular complexity index is 352. The summed E-state index contributed by atoms with van der Waals surface area (Å²) in [5.74, 6) is -7.59. The van der Waals surface area contributed by atoms with E-state index in [1.807, 2.05) is 0 Å². The van der Waals surface area contributed by atoms with E-state index in [2.05, 4.69) is 17.9 Å². The average molecular weight is 264 g/mol. The van der Waals surface area contributed by atoms with Crippen LogP contribution in [0.25, 0.3) is 0 Å².